The minimum Gasteiger partial charge on any atom is -0.497 e. The van der Waals surface area contributed by atoms with Crippen molar-refractivity contribution in [3.63, 3.8) is 0 Å². The fraction of sp³-hybridized carbons (Fsp3) is 0.227. The van der Waals surface area contributed by atoms with Gasteiger partial charge in [-0.25, -0.2) is 0 Å². The van der Waals surface area contributed by atoms with Gasteiger partial charge in [-0.2, -0.15) is 0 Å². The van der Waals surface area contributed by atoms with Gasteiger partial charge < -0.3 is 19.1 Å². The van der Waals surface area contributed by atoms with Crippen LogP contribution < -0.4 is 14.2 Å². The Morgan fingerprint density at radius 2 is 1.41 bits per heavy atom. The average molecular weight is 365 g/mol. The number of methoxy groups -OCH3 is 2. The van der Waals surface area contributed by atoms with Crippen molar-refractivity contribution >= 4 is 16.7 Å². The third kappa shape index (κ3) is 4.70. The van der Waals surface area contributed by atoms with E-state index in [4.69, 9.17) is 14.2 Å². The van der Waals surface area contributed by atoms with Crippen molar-refractivity contribution in [3.05, 3.63) is 66.2 Å². The van der Waals surface area contributed by atoms with Gasteiger partial charge >= 0.3 is 0 Å². The lowest BCUT2D eigenvalue weighted by molar-refractivity contribution is -0.132. The molecule has 1 amide bonds. The lowest BCUT2D eigenvalue weighted by Gasteiger charge is -2.18. The van der Waals surface area contributed by atoms with E-state index in [1.54, 1.807) is 50.4 Å². The minimum atomic E-state index is -0.0827. The molecule has 0 aliphatic heterocycles. The summed E-state index contributed by atoms with van der Waals surface area (Å²) in [5.74, 6) is 2.13. The van der Waals surface area contributed by atoms with Crippen LogP contribution in [0.25, 0.3) is 10.8 Å². The van der Waals surface area contributed by atoms with E-state index in [2.05, 4.69) is 6.07 Å². The Bertz CT molecular complexity index is 921. The predicted octanol–water partition coefficient (Wildman–Crippen LogP) is 3.89. The van der Waals surface area contributed by atoms with Gasteiger partial charge in [0.25, 0.3) is 5.91 Å². The van der Waals surface area contributed by atoms with E-state index in [-0.39, 0.29) is 12.5 Å². The van der Waals surface area contributed by atoms with Crippen LogP contribution in [0.4, 0.5) is 0 Å². The summed E-state index contributed by atoms with van der Waals surface area (Å²) in [6, 6.07) is 19.3. The lowest BCUT2D eigenvalue weighted by atomic mass is 10.1. The van der Waals surface area contributed by atoms with Crippen molar-refractivity contribution in [2.75, 3.05) is 27.9 Å². The third-order valence-electron chi connectivity index (χ3n) is 4.38. The Morgan fingerprint density at radius 3 is 2.11 bits per heavy atom. The van der Waals surface area contributed by atoms with Crippen LogP contribution in [0, 0.1) is 0 Å². The maximum Gasteiger partial charge on any atom is 0.260 e. The topological polar surface area (TPSA) is 48.0 Å². The summed E-state index contributed by atoms with van der Waals surface area (Å²) in [6.45, 7) is 0.514. The summed E-state index contributed by atoms with van der Waals surface area (Å²) in [5, 5.41) is 2.22. The summed E-state index contributed by atoms with van der Waals surface area (Å²) in [6.07, 6.45) is 0. The average Bonchev–Trinajstić information content (AvgIpc) is 2.71. The van der Waals surface area contributed by atoms with Crippen LogP contribution in [0.1, 0.15) is 5.56 Å². The maximum atomic E-state index is 12.4. The normalized spacial score (nSPS) is 10.5. The van der Waals surface area contributed by atoms with Crippen LogP contribution in [0.15, 0.2) is 60.7 Å². The number of hydrogen-bond acceptors (Lipinski definition) is 4. The molecule has 5 heteroatoms. The number of benzene rings is 3. The monoisotopic (exact) mass is 365 g/mol. The van der Waals surface area contributed by atoms with E-state index < -0.39 is 0 Å². The van der Waals surface area contributed by atoms with Crippen molar-refractivity contribution in [1.29, 1.82) is 0 Å². The van der Waals surface area contributed by atoms with Gasteiger partial charge in [-0.1, -0.05) is 18.2 Å². The van der Waals surface area contributed by atoms with Gasteiger partial charge in [0, 0.05) is 13.6 Å². The van der Waals surface area contributed by atoms with Crippen molar-refractivity contribution < 1.29 is 19.0 Å². The number of carbonyl (C=O) groups excluding carboxylic acids is 1. The first-order chi connectivity index (χ1) is 13.1. The Kier molecular flexibility index (Phi) is 5.81. The van der Waals surface area contributed by atoms with Crippen molar-refractivity contribution in [3.8, 4) is 17.2 Å². The SMILES string of the molecule is COc1ccc(OCC(=O)N(C)Cc2ccc3cc(OC)ccc3c2)cc1. The number of ether oxygens (including phenoxy) is 3. The number of fused-ring (bicyclic) bond motifs is 1. The van der Waals surface area contributed by atoms with Gasteiger partial charge in [0.2, 0.25) is 0 Å². The smallest absolute Gasteiger partial charge is 0.260 e. The molecule has 0 aliphatic carbocycles. The molecule has 5 nitrogen and oxygen atoms in total. The molecule has 0 N–H and O–H groups in total. The van der Waals surface area contributed by atoms with Gasteiger partial charge in [-0.05, 0) is 58.8 Å². The van der Waals surface area contributed by atoms with E-state index in [0.717, 1.165) is 27.8 Å². The van der Waals surface area contributed by atoms with Crippen molar-refractivity contribution in [1.82, 2.24) is 4.90 Å². The highest BCUT2D eigenvalue weighted by Gasteiger charge is 2.11. The first-order valence-electron chi connectivity index (χ1n) is 8.66. The second kappa shape index (κ2) is 8.45. The molecule has 0 heterocycles. The highest BCUT2D eigenvalue weighted by molar-refractivity contribution is 5.84. The lowest BCUT2D eigenvalue weighted by Crippen LogP contribution is -2.30. The largest absolute Gasteiger partial charge is 0.497 e. The molecule has 0 fully saturated rings. The molecule has 0 atom stereocenters. The first-order valence-corrected chi connectivity index (χ1v) is 8.66. The summed E-state index contributed by atoms with van der Waals surface area (Å²) in [5.41, 5.74) is 1.06. The predicted molar refractivity (Wildman–Crippen MR) is 105 cm³/mol. The van der Waals surface area contributed by atoms with Crippen molar-refractivity contribution in [2.24, 2.45) is 0 Å². The summed E-state index contributed by atoms with van der Waals surface area (Å²) in [4.78, 5) is 14.0. The van der Waals surface area contributed by atoms with Gasteiger partial charge in [0.1, 0.15) is 17.2 Å². The molecule has 27 heavy (non-hydrogen) atoms. The van der Waals surface area contributed by atoms with Gasteiger partial charge in [-0.15, -0.1) is 0 Å². The van der Waals surface area contributed by atoms with Gasteiger partial charge in [0.15, 0.2) is 6.61 Å². The number of hydrogen-bond donors (Lipinski definition) is 0. The minimum absolute atomic E-state index is 0.00634. The van der Waals surface area contributed by atoms with Gasteiger partial charge in [-0.3, -0.25) is 4.79 Å². The fourth-order valence-electron chi connectivity index (χ4n) is 2.79. The number of carbonyl (C=O) groups is 1. The molecular formula is C22H23NO4. The Labute approximate surface area is 159 Å². The molecule has 0 saturated carbocycles. The van der Waals surface area contributed by atoms with Crippen molar-refractivity contribution in [2.45, 2.75) is 6.54 Å². The van der Waals surface area contributed by atoms with Crippen LogP contribution in [0.5, 0.6) is 17.2 Å². The standard InChI is InChI=1S/C22H23NO4/c1-23(22(24)15-27-20-10-8-19(25-2)9-11-20)14-16-4-5-18-13-21(26-3)7-6-17(18)12-16/h4-13H,14-15H2,1-3H3. The summed E-state index contributed by atoms with van der Waals surface area (Å²) >= 11 is 0. The maximum absolute atomic E-state index is 12.4. The van der Waals surface area contributed by atoms with Crippen LogP contribution in [-0.4, -0.2) is 38.7 Å². The van der Waals surface area contributed by atoms with E-state index in [1.807, 2.05) is 30.3 Å². The number of likely N-dealkylation sites (N-methyl/N-ethyl adjacent to an activating group) is 1. The quantitative estimate of drug-likeness (QED) is 0.637. The third-order valence-corrected chi connectivity index (χ3v) is 4.38. The molecule has 0 radical (unpaired) electrons. The molecule has 3 aromatic rings. The zero-order chi connectivity index (χ0) is 19.2. The molecular weight excluding hydrogens is 342 g/mol. The van der Waals surface area contributed by atoms with E-state index in [0.29, 0.717) is 12.3 Å². The number of nitrogens with zero attached hydrogens (tertiary/aromatic N) is 1. The first kappa shape index (κ1) is 18.6. The van der Waals surface area contributed by atoms with Crippen LogP contribution in [0.2, 0.25) is 0 Å². The van der Waals surface area contributed by atoms with E-state index in [9.17, 15) is 4.79 Å². The zero-order valence-electron chi connectivity index (χ0n) is 15.8. The molecule has 3 rings (SSSR count). The molecule has 0 unspecified atom stereocenters. The Hall–Kier alpha value is -3.21. The molecule has 0 spiro atoms. The molecule has 0 aromatic heterocycles. The van der Waals surface area contributed by atoms with Crippen LogP contribution in [0.3, 0.4) is 0 Å². The van der Waals surface area contributed by atoms with Gasteiger partial charge in [0.05, 0.1) is 14.2 Å². The van der Waals surface area contributed by atoms with Crippen LogP contribution in [-0.2, 0) is 11.3 Å². The Morgan fingerprint density at radius 1 is 0.815 bits per heavy atom. The summed E-state index contributed by atoms with van der Waals surface area (Å²) < 4.78 is 15.9. The highest BCUT2D eigenvalue weighted by Crippen LogP contribution is 2.22. The Balaban J connectivity index is 1.59. The summed E-state index contributed by atoms with van der Waals surface area (Å²) in [7, 11) is 5.04. The molecule has 0 aliphatic rings. The molecule has 0 saturated heterocycles. The number of rotatable bonds is 7. The second-order valence-corrected chi connectivity index (χ2v) is 6.26. The van der Waals surface area contributed by atoms with E-state index >= 15 is 0 Å². The second-order valence-electron chi connectivity index (χ2n) is 6.26. The van der Waals surface area contributed by atoms with E-state index in [1.165, 1.54) is 0 Å². The molecule has 3 aromatic carbocycles. The number of amides is 1. The fourth-order valence-corrected chi connectivity index (χ4v) is 2.79. The molecule has 0 bridgehead atoms. The van der Waals surface area contributed by atoms with Crippen LogP contribution >= 0.6 is 0 Å². The molecule has 140 valence electrons. The zero-order valence-corrected chi connectivity index (χ0v) is 15.8. The highest BCUT2D eigenvalue weighted by atomic mass is 16.5.